The molecule has 0 unspecified atom stereocenters. The van der Waals surface area contributed by atoms with Crippen LogP contribution in [0.2, 0.25) is 0 Å². The SMILES string of the molecule is C=C[C@H](C)S(=O)(=O)N(Cc1ccc(OC)cc1)Cc1ccc(OC)cc1. The molecule has 0 spiro atoms. The van der Waals surface area contributed by atoms with Crippen molar-refractivity contribution in [1.82, 2.24) is 4.31 Å². The smallest absolute Gasteiger partial charge is 0.220 e. The molecule has 0 bridgehead atoms. The predicted octanol–water partition coefficient (Wildman–Crippen LogP) is 3.61. The van der Waals surface area contributed by atoms with E-state index in [1.165, 1.54) is 10.4 Å². The quantitative estimate of drug-likeness (QED) is 0.628. The van der Waals surface area contributed by atoms with Crippen molar-refractivity contribution in [2.45, 2.75) is 25.3 Å². The Morgan fingerprint density at radius 2 is 1.31 bits per heavy atom. The van der Waals surface area contributed by atoms with E-state index in [2.05, 4.69) is 6.58 Å². The molecule has 1 atom stereocenters. The number of benzene rings is 2. The first kappa shape index (κ1) is 20.0. The van der Waals surface area contributed by atoms with Gasteiger partial charge in [-0.05, 0) is 42.3 Å². The Morgan fingerprint density at radius 1 is 0.923 bits per heavy atom. The van der Waals surface area contributed by atoms with E-state index in [9.17, 15) is 8.42 Å². The van der Waals surface area contributed by atoms with Crippen molar-refractivity contribution < 1.29 is 17.9 Å². The Kier molecular flexibility index (Phi) is 6.83. The molecule has 0 fully saturated rings. The Morgan fingerprint density at radius 3 is 1.62 bits per heavy atom. The van der Waals surface area contributed by atoms with Gasteiger partial charge in [-0.15, -0.1) is 6.58 Å². The minimum Gasteiger partial charge on any atom is -0.497 e. The van der Waals surface area contributed by atoms with Gasteiger partial charge in [0.15, 0.2) is 0 Å². The van der Waals surface area contributed by atoms with Crippen molar-refractivity contribution >= 4 is 10.0 Å². The summed E-state index contributed by atoms with van der Waals surface area (Å²) in [7, 11) is -0.329. The predicted molar refractivity (Wildman–Crippen MR) is 104 cm³/mol. The molecule has 0 amide bonds. The fraction of sp³-hybridized carbons (Fsp3) is 0.300. The number of hydrogen-bond acceptors (Lipinski definition) is 4. The molecule has 0 aliphatic carbocycles. The molecule has 0 radical (unpaired) electrons. The molecule has 0 N–H and O–H groups in total. The van der Waals surface area contributed by atoms with Crippen LogP contribution in [-0.4, -0.2) is 32.2 Å². The zero-order chi connectivity index (χ0) is 19.2. The van der Waals surface area contributed by atoms with E-state index in [4.69, 9.17) is 9.47 Å². The summed E-state index contributed by atoms with van der Waals surface area (Å²) < 4.78 is 37.6. The molecule has 0 aromatic heterocycles. The molecule has 2 aromatic rings. The van der Waals surface area contributed by atoms with Crippen molar-refractivity contribution in [3.8, 4) is 11.5 Å². The van der Waals surface area contributed by atoms with Crippen LogP contribution in [-0.2, 0) is 23.1 Å². The van der Waals surface area contributed by atoms with Crippen LogP contribution >= 0.6 is 0 Å². The standard InChI is InChI=1S/C20H25NO4S/c1-5-16(2)26(22,23)21(14-17-6-10-19(24-3)11-7-17)15-18-8-12-20(25-4)13-9-18/h5-13,16H,1,14-15H2,2-4H3/t16-/m0/s1. The van der Waals surface area contributed by atoms with Crippen LogP contribution in [0, 0.1) is 0 Å². The highest BCUT2D eigenvalue weighted by Crippen LogP contribution is 2.21. The summed E-state index contributed by atoms with van der Waals surface area (Å²) in [5, 5.41) is -0.668. The largest absolute Gasteiger partial charge is 0.497 e. The lowest BCUT2D eigenvalue weighted by Gasteiger charge is -2.25. The summed E-state index contributed by atoms with van der Waals surface area (Å²) in [6, 6.07) is 14.8. The van der Waals surface area contributed by atoms with Gasteiger partial charge in [-0.2, -0.15) is 4.31 Å². The fourth-order valence-electron chi connectivity index (χ4n) is 2.46. The summed E-state index contributed by atoms with van der Waals surface area (Å²) in [6.07, 6.45) is 1.45. The first-order valence-electron chi connectivity index (χ1n) is 8.28. The van der Waals surface area contributed by atoms with E-state index in [0.717, 1.165) is 22.6 Å². The van der Waals surface area contributed by atoms with E-state index < -0.39 is 15.3 Å². The molecule has 5 nitrogen and oxygen atoms in total. The summed E-state index contributed by atoms with van der Waals surface area (Å²) in [5.74, 6) is 1.47. The van der Waals surface area contributed by atoms with Crippen LogP contribution < -0.4 is 9.47 Å². The van der Waals surface area contributed by atoms with Gasteiger partial charge < -0.3 is 9.47 Å². The van der Waals surface area contributed by atoms with Crippen LogP contribution in [0.15, 0.2) is 61.2 Å². The summed E-state index contributed by atoms with van der Waals surface area (Å²) in [5.41, 5.74) is 1.78. The average Bonchev–Trinajstić information content (AvgIpc) is 2.67. The van der Waals surface area contributed by atoms with Crippen LogP contribution in [0.5, 0.6) is 11.5 Å². The van der Waals surface area contributed by atoms with Gasteiger partial charge >= 0.3 is 0 Å². The molecule has 140 valence electrons. The molecular weight excluding hydrogens is 350 g/mol. The van der Waals surface area contributed by atoms with Gasteiger partial charge in [0.2, 0.25) is 10.0 Å². The Bertz CT molecular complexity index is 764. The first-order valence-corrected chi connectivity index (χ1v) is 9.78. The van der Waals surface area contributed by atoms with Crippen LogP contribution in [0.3, 0.4) is 0 Å². The van der Waals surface area contributed by atoms with Gasteiger partial charge in [0.05, 0.1) is 19.5 Å². The number of methoxy groups -OCH3 is 2. The molecule has 6 heteroatoms. The monoisotopic (exact) mass is 375 g/mol. The normalized spacial score (nSPS) is 12.6. The number of nitrogens with zero attached hydrogens (tertiary/aromatic N) is 1. The molecule has 0 saturated heterocycles. The lowest BCUT2D eigenvalue weighted by Crippen LogP contribution is -2.35. The molecule has 0 aliphatic rings. The maximum atomic E-state index is 12.9. The zero-order valence-electron chi connectivity index (χ0n) is 15.4. The van der Waals surface area contributed by atoms with Gasteiger partial charge in [0.25, 0.3) is 0 Å². The molecular formula is C20H25NO4S. The Hall–Kier alpha value is -2.31. The lowest BCUT2D eigenvalue weighted by atomic mass is 10.2. The van der Waals surface area contributed by atoms with Crippen molar-refractivity contribution in [3.63, 3.8) is 0 Å². The minimum atomic E-state index is -3.53. The van der Waals surface area contributed by atoms with Crippen LogP contribution in [0.25, 0.3) is 0 Å². The van der Waals surface area contributed by atoms with E-state index in [1.807, 2.05) is 48.5 Å². The fourth-order valence-corrected chi connectivity index (χ4v) is 3.83. The second kappa shape index (κ2) is 8.87. The van der Waals surface area contributed by atoms with E-state index in [-0.39, 0.29) is 13.1 Å². The maximum absolute atomic E-state index is 12.9. The van der Waals surface area contributed by atoms with Crippen molar-refractivity contribution in [1.29, 1.82) is 0 Å². The van der Waals surface area contributed by atoms with Crippen molar-refractivity contribution in [2.24, 2.45) is 0 Å². The Labute approximate surface area is 155 Å². The third-order valence-electron chi connectivity index (χ3n) is 4.20. The van der Waals surface area contributed by atoms with Gasteiger partial charge in [0.1, 0.15) is 11.5 Å². The lowest BCUT2D eigenvalue weighted by molar-refractivity contribution is 0.395. The molecule has 0 heterocycles. The second-order valence-electron chi connectivity index (χ2n) is 5.95. The average molecular weight is 375 g/mol. The number of rotatable bonds is 9. The van der Waals surface area contributed by atoms with E-state index in [1.54, 1.807) is 21.1 Å². The number of ether oxygens (including phenoxy) is 2. The first-order chi connectivity index (χ1) is 12.4. The topological polar surface area (TPSA) is 55.8 Å². The van der Waals surface area contributed by atoms with Crippen LogP contribution in [0.1, 0.15) is 18.1 Å². The van der Waals surface area contributed by atoms with E-state index >= 15 is 0 Å². The molecule has 2 rings (SSSR count). The van der Waals surface area contributed by atoms with Gasteiger partial charge in [-0.3, -0.25) is 0 Å². The highest BCUT2D eigenvalue weighted by Gasteiger charge is 2.27. The van der Waals surface area contributed by atoms with Crippen molar-refractivity contribution in [2.75, 3.05) is 14.2 Å². The van der Waals surface area contributed by atoms with Crippen molar-refractivity contribution in [3.05, 3.63) is 72.3 Å². The molecule has 0 aliphatic heterocycles. The molecule has 0 saturated carbocycles. The molecule has 26 heavy (non-hydrogen) atoms. The Balaban J connectivity index is 2.29. The molecule has 2 aromatic carbocycles. The second-order valence-corrected chi connectivity index (χ2v) is 8.24. The third-order valence-corrected chi connectivity index (χ3v) is 6.31. The third kappa shape index (κ3) is 4.86. The van der Waals surface area contributed by atoms with Gasteiger partial charge in [-0.25, -0.2) is 8.42 Å². The highest BCUT2D eigenvalue weighted by atomic mass is 32.2. The number of hydrogen-bond donors (Lipinski definition) is 0. The summed E-state index contributed by atoms with van der Waals surface area (Å²) in [6.45, 7) is 5.81. The van der Waals surface area contributed by atoms with Crippen LogP contribution in [0.4, 0.5) is 0 Å². The zero-order valence-corrected chi connectivity index (χ0v) is 16.2. The van der Waals surface area contributed by atoms with Gasteiger partial charge in [0, 0.05) is 13.1 Å². The van der Waals surface area contributed by atoms with Gasteiger partial charge in [-0.1, -0.05) is 30.3 Å². The maximum Gasteiger partial charge on any atom is 0.220 e. The summed E-state index contributed by atoms with van der Waals surface area (Å²) >= 11 is 0. The van der Waals surface area contributed by atoms with E-state index in [0.29, 0.717) is 0 Å². The highest BCUT2D eigenvalue weighted by molar-refractivity contribution is 7.89. The number of sulfonamides is 1. The summed E-state index contributed by atoms with van der Waals surface area (Å²) in [4.78, 5) is 0. The minimum absolute atomic E-state index is 0.274.